The number of halogens is 4. The highest BCUT2D eigenvalue weighted by atomic mass is 127. The molecule has 6 aromatic rings. The van der Waals surface area contributed by atoms with Gasteiger partial charge in [0.2, 0.25) is 0 Å². The minimum atomic E-state index is 0.893. The predicted molar refractivity (Wildman–Crippen MR) is 177 cm³/mol. The monoisotopic (exact) mass is 949 g/mol. The molecule has 0 aliphatic heterocycles. The molecule has 0 fully saturated rings. The van der Waals surface area contributed by atoms with Gasteiger partial charge in [-0.05, 0) is 109 Å². The molecular weight excluding hydrogens is 942 g/mol. The van der Waals surface area contributed by atoms with Gasteiger partial charge in [-0.15, -0.1) is 68.0 Å². The van der Waals surface area contributed by atoms with E-state index in [0.717, 1.165) is 5.00 Å². The van der Waals surface area contributed by atoms with E-state index in [4.69, 9.17) is 5.73 Å². The van der Waals surface area contributed by atoms with Gasteiger partial charge in [-0.3, -0.25) is 0 Å². The molecular formula is C19H7I4NS6. The molecule has 30 heavy (non-hydrogen) atoms. The second-order valence-electron chi connectivity index (χ2n) is 6.53. The molecule has 0 radical (unpaired) electrons. The van der Waals surface area contributed by atoms with Crippen LogP contribution in [0, 0.1) is 21.2 Å². The summed E-state index contributed by atoms with van der Waals surface area (Å²) in [5, 5.41) is 0.893. The lowest BCUT2D eigenvalue weighted by Crippen LogP contribution is -1.73. The van der Waals surface area contributed by atoms with Crippen LogP contribution in [-0.2, 0) is 0 Å². The zero-order valence-corrected chi connectivity index (χ0v) is 28.2. The van der Waals surface area contributed by atoms with Crippen LogP contribution in [-0.4, -0.2) is 0 Å². The first-order valence-electron chi connectivity index (χ1n) is 8.40. The van der Waals surface area contributed by atoms with E-state index in [-0.39, 0.29) is 0 Å². The Morgan fingerprint density at radius 3 is 1.47 bits per heavy atom. The molecule has 152 valence electrons. The maximum atomic E-state index is 6.08. The summed E-state index contributed by atoms with van der Waals surface area (Å²) in [5.41, 5.74) is 6.08. The normalized spacial score (nSPS) is 12.3. The summed E-state index contributed by atoms with van der Waals surface area (Å²) in [6.45, 7) is 2.20. The van der Waals surface area contributed by atoms with Crippen molar-refractivity contribution in [2.75, 3.05) is 5.73 Å². The topological polar surface area (TPSA) is 26.0 Å². The van der Waals surface area contributed by atoms with E-state index in [1.807, 2.05) is 56.7 Å². The van der Waals surface area contributed by atoms with Gasteiger partial charge in [-0.2, -0.15) is 0 Å². The molecule has 6 aromatic heterocycles. The van der Waals surface area contributed by atoms with Gasteiger partial charge in [0.15, 0.2) is 0 Å². The van der Waals surface area contributed by atoms with Gasteiger partial charge in [-0.1, -0.05) is 0 Å². The molecule has 0 aromatic carbocycles. The molecule has 11 heteroatoms. The van der Waals surface area contributed by atoms with Crippen molar-refractivity contribution in [1.29, 1.82) is 0 Å². The summed E-state index contributed by atoms with van der Waals surface area (Å²) >= 11 is 21.5. The predicted octanol–water partition coefficient (Wildman–Crippen LogP) is 11.2. The number of nitrogen functional groups attached to an aromatic ring is 1. The standard InChI is InChI=1S/C19H7I4NS6/c1-4-2-5(20)10(25-4)12-8(22)14-16(27-12)18-19(29-14)17-15(30-18)9(23)13(28-17)11-6(21)3-7(24)26-11/h2-3H,24H2,1H3. The molecule has 0 spiro atoms. The second-order valence-corrected chi connectivity index (χ2v) is 17.4. The number of thiophene rings is 6. The Bertz CT molecular complexity index is 1500. The molecule has 1 nitrogen and oxygen atoms in total. The van der Waals surface area contributed by atoms with Crippen LogP contribution in [0.1, 0.15) is 4.88 Å². The number of fused-ring (bicyclic) bond motifs is 5. The molecule has 0 aliphatic carbocycles. The third-order valence-electron chi connectivity index (χ3n) is 4.57. The van der Waals surface area contributed by atoms with Crippen molar-refractivity contribution < 1.29 is 0 Å². The molecule has 0 aliphatic rings. The van der Waals surface area contributed by atoms with Crippen LogP contribution in [0.5, 0.6) is 0 Å². The number of hydrogen-bond donors (Lipinski definition) is 1. The number of hydrogen-bond acceptors (Lipinski definition) is 7. The van der Waals surface area contributed by atoms with Crippen LogP contribution in [0.4, 0.5) is 5.00 Å². The summed E-state index contributed by atoms with van der Waals surface area (Å²) in [5.74, 6) is 0. The Kier molecular flexibility index (Phi) is 6.01. The number of nitrogens with two attached hydrogens (primary N) is 1. The third-order valence-corrected chi connectivity index (χ3v) is 18.5. The Morgan fingerprint density at radius 2 is 1.03 bits per heavy atom. The van der Waals surface area contributed by atoms with Gasteiger partial charge >= 0.3 is 0 Å². The fraction of sp³-hybridized carbons (Fsp3) is 0.0526. The van der Waals surface area contributed by atoms with Crippen LogP contribution in [0.2, 0.25) is 0 Å². The largest absolute Gasteiger partial charge is 0.391 e. The van der Waals surface area contributed by atoms with Gasteiger partial charge in [0, 0.05) is 12.0 Å². The van der Waals surface area contributed by atoms with Gasteiger partial charge in [-0.25, -0.2) is 0 Å². The van der Waals surface area contributed by atoms with Crippen LogP contribution < -0.4 is 5.73 Å². The first kappa shape index (κ1) is 22.2. The van der Waals surface area contributed by atoms with E-state index in [1.54, 1.807) is 11.3 Å². The minimum Gasteiger partial charge on any atom is -0.391 e. The summed E-state index contributed by atoms with van der Waals surface area (Å²) in [4.78, 5) is 6.95. The summed E-state index contributed by atoms with van der Waals surface area (Å²) in [6, 6.07) is 4.38. The summed E-state index contributed by atoms with van der Waals surface area (Å²) < 4.78 is 14.2. The maximum absolute atomic E-state index is 6.08. The van der Waals surface area contributed by atoms with Gasteiger partial charge < -0.3 is 5.73 Å². The van der Waals surface area contributed by atoms with Crippen LogP contribution in [0.3, 0.4) is 0 Å². The van der Waals surface area contributed by atoms with Crippen molar-refractivity contribution in [1.82, 2.24) is 0 Å². The lowest BCUT2D eigenvalue weighted by atomic mass is 10.3. The zero-order valence-electron chi connectivity index (χ0n) is 14.7. The number of rotatable bonds is 2. The van der Waals surface area contributed by atoms with Gasteiger partial charge in [0.1, 0.15) is 0 Å². The van der Waals surface area contributed by atoms with E-state index in [1.165, 1.54) is 66.9 Å². The fourth-order valence-corrected chi connectivity index (χ4v) is 17.0. The third kappa shape index (κ3) is 3.33. The highest BCUT2D eigenvalue weighted by Gasteiger charge is 2.25. The van der Waals surface area contributed by atoms with Crippen LogP contribution in [0.25, 0.3) is 47.7 Å². The zero-order chi connectivity index (χ0) is 20.9. The molecule has 0 saturated heterocycles. The molecule has 6 rings (SSSR count). The van der Waals surface area contributed by atoms with Gasteiger partial charge in [0.05, 0.1) is 59.8 Å². The maximum Gasteiger partial charge on any atom is 0.0874 e. The molecule has 0 saturated carbocycles. The number of aryl methyl sites for hydroxylation is 1. The first-order chi connectivity index (χ1) is 14.3. The highest BCUT2D eigenvalue weighted by molar-refractivity contribution is 14.1. The quantitative estimate of drug-likeness (QED) is 0.172. The average Bonchev–Trinajstić information content (AvgIpc) is 3.47. The second kappa shape index (κ2) is 8.13. The first-order valence-corrected chi connectivity index (χ1v) is 17.6. The van der Waals surface area contributed by atoms with Crippen molar-refractivity contribution in [3.05, 3.63) is 31.3 Å². The molecule has 0 amide bonds. The SMILES string of the molecule is Cc1cc(I)c(-c2sc3c(sc4c5sc(-c6sc(N)cc6I)c(I)c5sc34)c2I)s1. The van der Waals surface area contributed by atoms with Crippen molar-refractivity contribution in [3.8, 4) is 19.5 Å². The van der Waals surface area contributed by atoms with Gasteiger partial charge in [0.25, 0.3) is 0 Å². The van der Waals surface area contributed by atoms with E-state index in [9.17, 15) is 0 Å². The van der Waals surface area contributed by atoms with E-state index >= 15 is 0 Å². The van der Waals surface area contributed by atoms with E-state index < -0.39 is 0 Å². The van der Waals surface area contributed by atoms with Crippen molar-refractivity contribution in [2.45, 2.75) is 6.92 Å². The smallest absolute Gasteiger partial charge is 0.0874 e. The molecule has 0 atom stereocenters. The van der Waals surface area contributed by atoms with Crippen molar-refractivity contribution in [3.63, 3.8) is 0 Å². The van der Waals surface area contributed by atoms with Crippen LogP contribution >= 0.6 is 158 Å². The van der Waals surface area contributed by atoms with Crippen molar-refractivity contribution in [2.24, 2.45) is 0 Å². The average molecular weight is 949 g/mol. The Balaban J connectivity index is 1.60. The molecule has 0 bridgehead atoms. The lowest BCUT2D eigenvalue weighted by Gasteiger charge is -1.95. The van der Waals surface area contributed by atoms with E-state index in [2.05, 4.69) is 109 Å². The lowest BCUT2D eigenvalue weighted by molar-refractivity contribution is 1.62. The Hall–Kier alpha value is 1.70. The minimum absolute atomic E-state index is 0.893. The fourth-order valence-electron chi connectivity index (χ4n) is 3.34. The van der Waals surface area contributed by atoms with E-state index in [0.29, 0.717) is 0 Å². The number of anilines is 1. The van der Waals surface area contributed by atoms with Crippen molar-refractivity contribution >= 4 is 192 Å². The molecule has 2 N–H and O–H groups in total. The highest BCUT2D eigenvalue weighted by Crippen LogP contribution is 2.56. The Morgan fingerprint density at radius 1 is 0.567 bits per heavy atom. The summed E-state index contributed by atoms with van der Waals surface area (Å²) in [7, 11) is 0. The molecule has 0 unspecified atom stereocenters. The molecule has 6 heterocycles. The summed E-state index contributed by atoms with van der Waals surface area (Å²) in [6.07, 6.45) is 0. The van der Waals surface area contributed by atoms with Crippen LogP contribution in [0.15, 0.2) is 12.1 Å². The Labute approximate surface area is 250 Å².